The Labute approximate surface area is 219 Å². The van der Waals surface area contributed by atoms with E-state index in [0.717, 1.165) is 7.11 Å². The zero-order chi connectivity index (χ0) is 26.8. The molecular formula is C20H15BrCl2F3N6O4+. The number of allylic oxidation sites excluding steroid dienone is 1. The van der Waals surface area contributed by atoms with Crippen molar-refractivity contribution in [2.75, 3.05) is 19.5 Å². The molecule has 36 heavy (non-hydrogen) atoms. The fraction of sp³-hybridized carbons (Fsp3) is 0.150. The van der Waals surface area contributed by atoms with Gasteiger partial charge in [-0.05, 0) is 40.2 Å². The van der Waals surface area contributed by atoms with Crippen molar-refractivity contribution >= 4 is 74.3 Å². The number of carbonyl (C=O) groups excluding carboxylic acids is 3. The lowest BCUT2D eigenvalue weighted by molar-refractivity contribution is -0.114. The quantitative estimate of drug-likeness (QED) is 0.347. The number of amides is 3. The Kier molecular flexibility index (Phi) is 7.93. The van der Waals surface area contributed by atoms with E-state index in [0.29, 0.717) is 6.08 Å². The summed E-state index contributed by atoms with van der Waals surface area (Å²) in [5.74, 6) is -2.12. The minimum Gasteiger partial charge on any atom is -0.452 e. The Hall–Kier alpha value is -3.20. The number of halogens is 6. The van der Waals surface area contributed by atoms with Crippen molar-refractivity contribution in [1.82, 2.24) is 20.4 Å². The summed E-state index contributed by atoms with van der Waals surface area (Å²) in [4.78, 5) is 41.3. The van der Waals surface area contributed by atoms with Gasteiger partial charge in [0.15, 0.2) is 0 Å². The van der Waals surface area contributed by atoms with Crippen molar-refractivity contribution in [3.63, 3.8) is 0 Å². The lowest BCUT2D eigenvalue weighted by Gasteiger charge is -2.25. The van der Waals surface area contributed by atoms with E-state index in [1.54, 1.807) is 0 Å². The number of hydrogen-bond donors (Lipinski definition) is 3. The highest BCUT2D eigenvalue weighted by atomic mass is 79.9. The van der Waals surface area contributed by atoms with Gasteiger partial charge in [0.1, 0.15) is 12.1 Å². The molecule has 0 aliphatic carbocycles. The van der Waals surface area contributed by atoms with Gasteiger partial charge in [0.25, 0.3) is 11.7 Å². The van der Waals surface area contributed by atoms with Gasteiger partial charge in [0.05, 0.1) is 18.4 Å². The number of nitrogens with zero attached hydrogens (tertiary/aromatic N) is 3. The van der Waals surface area contributed by atoms with Crippen LogP contribution in [0.15, 0.2) is 51.8 Å². The van der Waals surface area contributed by atoms with Crippen molar-refractivity contribution in [3.8, 4) is 0 Å². The van der Waals surface area contributed by atoms with E-state index in [1.165, 1.54) is 37.5 Å². The lowest BCUT2D eigenvalue weighted by Crippen LogP contribution is -2.43. The smallest absolute Gasteiger partial charge is 0.438 e. The van der Waals surface area contributed by atoms with Crippen LogP contribution >= 0.6 is 39.1 Å². The van der Waals surface area contributed by atoms with Crippen LogP contribution in [0, 0.1) is 0 Å². The Morgan fingerprint density at radius 2 is 1.83 bits per heavy atom. The van der Waals surface area contributed by atoms with Crippen LogP contribution < -0.4 is 20.8 Å². The number of hydrazine groups is 1. The highest BCUT2D eigenvalue weighted by molar-refractivity contribution is 9.10. The van der Waals surface area contributed by atoms with E-state index in [4.69, 9.17) is 23.2 Å². The molecule has 3 N–H and O–H groups in total. The standard InChI is InChI=1S/C20H14BrCl2F3N6O4/c1-32(16-12(23)4-3-5-27-16)13(8-14(31-32)20(24,25)26)18(34)28-15-10(6-9(22)7-11(15)21)17(33)29-30-19(35)36-2/h3-8H,1-2H3,(H2-,28,29,30,31,33,34,35)/p+1. The summed E-state index contributed by atoms with van der Waals surface area (Å²) in [5, 5.41) is 6.12. The third-order valence-corrected chi connectivity index (χ3v) is 5.87. The Bertz CT molecular complexity index is 1320. The molecule has 0 radical (unpaired) electrons. The fourth-order valence-electron chi connectivity index (χ4n) is 3.10. The number of hydrogen-bond acceptors (Lipinski definition) is 6. The van der Waals surface area contributed by atoms with Crippen molar-refractivity contribution in [2.24, 2.45) is 5.10 Å². The average Bonchev–Trinajstić information content (AvgIpc) is 3.18. The molecule has 190 valence electrons. The molecule has 1 aromatic carbocycles. The summed E-state index contributed by atoms with van der Waals surface area (Å²) in [7, 11) is 2.27. The summed E-state index contributed by atoms with van der Waals surface area (Å²) in [6.45, 7) is 0. The number of likely N-dealkylation sites (N-methyl/N-ethyl adjacent to an activating group) is 1. The highest BCUT2D eigenvalue weighted by Gasteiger charge is 2.51. The van der Waals surface area contributed by atoms with Gasteiger partial charge in [-0.25, -0.2) is 15.2 Å². The van der Waals surface area contributed by atoms with Crippen LogP contribution in [0.1, 0.15) is 10.4 Å². The van der Waals surface area contributed by atoms with Gasteiger partial charge in [0.2, 0.25) is 11.4 Å². The second-order valence-electron chi connectivity index (χ2n) is 7.12. The van der Waals surface area contributed by atoms with Crippen LogP contribution in [0.25, 0.3) is 0 Å². The lowest BCUT2D eigenvalue weighted by atomic mass is 10.1. The van der Waals surface area contributed by atoms with Gasteiger partial charge < -0.3 is 10.1 Å². The number of ether oxygens (including phenoxy) is 1. The predicted octanol–water partition coefficient (Wildman–Crippen LogP) is 4.54. The largest absolute Gasteiger partial charge is 0.452 e. The molecule has 3 rings (SSSR count). The van der Waals surface area contributed by atoms with Crippen LogP contribution in [0.2, 0.25) is 10.0 Å². The molecule has 1 unspecified atom stereocenters. The first-order valence-electron chi connectivity index (χ1n) is 9.60. The second-order valence-corrected chi connectivity index (χ2v) is 8.81. The summed E-state index contributed by atoms with van der Waals surface area (Å²) < 4.78 is 44.1. The van der Waals surface area contributed by atoms with E-state index in [1.807, 2.05) is 5.43 Å². The molecular weight excluding hydrogens is 596 g/mol. The Morgan fingerprint density at radius 3 is 2.44 bits per heavy atom. The number of pyridine rings is 1. The van der Waals surface area contributed by atoms with Crippen LogP contribution in [-0.4, -0.2) is 48.9 Å². The molecule has 1 aromatic heterocycles. The molecule has 1 atom stereocenters. The number of quaternary nitrogens is 1. The van der Waals surface area contributed by atoms with Gasteiger partial charge in [-0.2, -0.15) is 13.2 Å². The first kappa shape index (κ1) is 27.4. The minimum atomic E-state index is -4.88. The summed E-state index contributed by atoms with van der Waals surface area (Å²) in [6.07, 6.45) is -4.02. The first-order valence-corrected chi connectivity index (χ1v) is 11.1. The molecule has 0 bridgehead atoms. The number of nitrogens with one attached hydrogen (secondary N) is 3. The van der Waals surface area contributed by atoms with Crippen LogP contribution in [0.3, 0.4) is 0 Å². The zero-order valence-electron chi connectivity index (χ0n) is 18.2. The number of rotatable bonds is 4. The molecule has 0 spiro atoms. The molecule has 1 aliphatic rings. The zero-order valence-corrected chi connectivity index (χ0v) is 21.3. The van der Waals surface area contributed by atoms with Gasteiger partial charge in [0, 0.05) is 21.8 Å². The maximum Gasteiger partial charge on any atom is 0.438 e. The van der Waals surface area contributed by atoms with Crippen LogP contribution in [0.4, 0.5) is 29.5 Å². The molecule has 0 fully saturated rings. The summed E-state index contributed by atoms with van der Waals surface area (Å²) in [6, 6.07) is 5.35. The van der Waals surface area contributed by atoms with Gasteiger partial charge in [-0.3, -0.25) is 15.0 Å². The number of carbonyl (C=O) groups is 3. The Morgan fingerprint density at radius 1 is 1.14 bits per heavy atom. The van der Waals surface area contributed by atoms with E-state index in [9.17, 15) is 27.6 Å². The SMILES string of the molecule is COC(=O)NNC(=O)c1cc(Cl)cc(Br)c1NC(=O)C1=CC(C(F)(F)F)=N[N+]1(C)c1ncccc1Cl. The summed E-state index contributed by atoms with van der Waals surface area (Å²) in [5.41, 5.74) is 1.78. The molecule has 2 heterocycles. The first-order chi connectivity index (χ1) is 16.8. The highest BCUT2D eigenvalue weighted by Crippen LogP contribution is 2.39. The number of methoxy groups -OCH3 is 1. The fourth-order valence-corrected chi connectivity index (χ4v) is 4.29. The van der Waals surface area contributed by atoms with E-state index < -0.39 is 40.1 Å². The molecule has 1 aliphatic heterocycles. The van der Waals surface area contributed by atoms with E-state index in [-0.39, 0.29) is 31.6 Å². The predicted molar refractivity (Wildman–Crippen MR) is 129 cm³/mol. The van der Waals surface area contributed by atoms with Crippen LogP contribution in [0.5, 0.6) is 0 Å². The third kappa shape index (κ3) is 5.61. The van der Waals surface area contributed by atoms with Gasteiger partial charge in [-0.15, -0.1) is 4.59 Å². The molecule has 2 aromatic rings. The van der Waals surface area contributed by atoms with E-state index >= 15 is 0 Å². The molecule has 0 saturated carbocycles. The van der Waals surface area contributed by atoms with Gasteiger partial charge >= 0.3 is 18.2 Å². The topological polar surface area (TPSA) is 122 Å². The molecule has 3 amide bonds. The minimum absolute atomic E-state index is 0.0347. The van der Waals surface area contributed by atoms with Gasteiger partial charge in [-0.1, -0.05) is 28.3 Å². The number of aromatic nitrogens is 1. The third-order valence-electron chi connectivity index (χ3n) is 4.73. The monoisotopic (exact) mass is 609 g/mol. The number of alkyl halides is 3. The molecule has 10 nitrogen and oxygen atoms in total. The van der Waals surface area contributed by atoms with Crippen molar-refractivity contribution in [1.29, 1.82) is 0 Å². The normalized spacial score (nSPS) is 17.1. The number of anilines is 1. The molecule has 16 heteroatoms. The van der Waals surface area contributed by atoms with Crippen molar-refractivity contribution in [3.05, 3.63) is 62.3 Å². The van der Waals surface area contributed by atoms with Crippen molar-refractivity contribution < 1.29 is 32.3 Å². The van der Waals surface area contributed by atoms with Crippen LogP contribution in [-0.2, 0) is 9.53 Å². The molecule has 0 saturated heterocycles. The van der Waals surface area contributed by atoms with Crippen molar-refractivity contribution in [2.45, 2.75) is 6.18 Å². The maximum absolute atomic E-state index is 13.6. The number of benzene rings is 1. The average molecular weight is 611 g/mol. The second kappa shape index (κ2) is 10.4. The maximum atomic E-state index is 13.6. The summed E-state index contributed by atoms with van der Waals surface area (Å²) >= 11 is 15.3. The van der Waals surface area contributed by atoms with E-state index in [2.05, 4.69) is 41.5 Å². The Balaban J connectivity index is 2.04.